The zero-order valence-electron chi connectivity index (χ0n) is 11.4. The fraction of sp³-hybridized carbons (Fsp3) is 0.643. The summed E-state index contributed by atoms with van der Waals surface area (Å²) in [4.78, 5) is 6.89. The normalized spacial score (nSPS) is 20.9. The van der Waals surface area contributed by atoms with E-state index in [1.165, 1.54) is 5.56 Å². The van der Waals surface area contributed by atoms with Crippen molar-refractivity contribution in [3.63, 3.8) is 0 Å². The summed E-state index contributed by atoms with van der Waals surface area (Å²) in [6.45, 7) is 8.98. The number of hydrogen-bond donors (Lipinski definition) is 1. The van der Waals surface area contributed by atoms with E-state index in [9.17, 15) is 0 Å². The molecule has 2 heterocycles. The Hall–Kier alpha value is -1.13. The molecule has 100 valence electrons. The van der Waals surface area contributed by atoms with Gasteiger partial charge >= 0.3 is 0 Å². The molecule has 4 heteroatoms. The summed E-state index contributed by atoms with van der Waals surface area (Å²) in [6.07, 6.45) is 2.97. The second kappa shape index (κ2) is 6.71. The fourth-order valence-corrected chi connectivity index (χ4v) is 2.18. The first-order chi connectivity index (χ1) is 8.81. The predicted molar refractivity (Wildman–Crippen MR) is 73.7 cm³/mol. The van der Waals surface area contributed by atoms with Crippen LogP contribution >= 0.6 is 0 Å². The van der Waals surface area contributed by atoms with Gasteiger partial charge < -0.3 is 10.1 Å². The van der Waals surface area contributed by atoms with Crippen molar-refractivity contribution >= 4 is 5.82 Å². The van der Waals surface area contributed by atoms with Crippen molar-refractivity contribution in [2.24, 2.45) is 0 Å². The minimum Gasteiger partial charge on any atom is -0.379 e. The van der Waals surface area contributed by atoms with Gasteiger partial charge in [-0.05, 0) is 19.4 Å². The lowest BCUT2D eigenvalue weighted by Crippen LogP contribution is -2.43. The molecule has 1 aliphatic rings. The van der Waals surface area contributed by atoms with E-state index in [0.29, 0.717) is 6.04 Å². The van der Waals surface area contributed by atoms with Gasteiger partial charge in [0.15, 0.2) is 0 Å². The third-order valence-electron chi connectivity index (χ3n) is 3.31. The molecule has 1 saturated heterocycles. The summed E-state index contributed by atoms with van der Waals surface area (Å²) in [5.41, 5.74) is 1.28. The van der Waals surface area contributed by atoms with Gasteiger partial charge in [-0.25, -0.2) is 4.98 Å². The molecule has 4 nitrogen and oxygen atoms in total. The number of pyridine rings is 1. The Kier molecular flexibility index (Phi) is 4.96. The van der Waals surface area contributed by atoms with E-state index in [4.69, 9.17) is 4.74 Å². The first-order valence-corrected chi connectivity index (χ1v) is 6.80. The van der Waals surface area contributed by atoms with Crippen LogP contribution in [0.25, 0.3) is 0 Å². The van der Waals surface area contributed by atoms with Crippen LogP contribution in [0.5, 0.6) is 0 Å². The quantitative estimate of drug-likeness (QED) is 0.867. The molecular weight excluding hydrogens is 226 g/mol. The summed E-state index contributed by atoms with van der Waals surface area (Å²) in [5, 5.41) is 3.40. The molecule has 1 atom stereocenters. The number of morpholine rings is 1. The zero-order chi connectivity index (χ0) is 12.8. The summed E-state index contributed by atoms with van der Waals surface area (Å²) in [5.74, 6) is 1.03. The highest BCUT2D eigenvalue weighted by atomic mass is 16.5. The maximum Gasteiger partial charge on any atom is 0.130 e. The smallest absolute Gasteiger partial charge is 0.130 e. The van der Waals surface area contributed by atoms with Gasteiger partial charge in [0, 0.05) is 37.4 Å². The third kappa shape index (κ3) is 3.43. The molecule has 1 fully saturated rings. The number of rotatable bonds is 5. The maximum absolute atomic E-state index is 5.47. The van der Waals surface area contributed by atoms with E-state index in [2.05, 4.69) is 35.1 Å². The van der Waals surface area contributed by atoms with Gasteiger partial charge in [-0.3, -0.25) is 4.90 Å². The lowest BCUT2D eigenvalue weighted by molar-refractivity contribution is -0.00431. The summed E-state index contributed by atoms with van der Waals surface area (Å²) in [6, 6.07) is 4.66. The molecular formula is C14H23N3O. The van der Waals surface area contributed by atoms with Crippen molar-refractivity contribution in [2.75, 3.05) is 31.6 Å². The molecule has 1 N–H and O–H groups in total. The third-order valence-corrected chi connectivity index (χ3v) is 3.31. The molecule has 1 aliphatic heterocycles. The standard InChI is InChI=1S/C14H23N3O/c1-3-6-15-14-13(5-4-7-16-14)10-17-8-9-18-11-12(17)2/h4-5,7,12H,3,6,8-11H2,1-2H3,(H,15,16). The molecule has 0 bridgehead atoms. The SMILES string of the molecule is CCCNc1ncccc1CN1CCOCC1C. The largest absolute Gasteiger partial charge is 0.379 e. The zero-order valence-corrected chi connectivity index (χ0v) is 11.4. The van der Waals surface area contributed by atoms with Crippen molar-refractivity contribution in [1.29, 1.82) is 0 Å². The maximum atomic E-state index is 5.47. The number of nitrogens with zero attached hydrogens (tertiary/aromatic N) is 2. The van der Waals surface area contributed by atoms with Crippen molar-refractivity contribution < 1.29 is 4.74 Å². The van der Waals surface area contributed by atoms with Crippen LogP contribution in [-0.2, 0) is 11.3 Å². The number of ether oxygens (including phenoxy) is 1. The van der Waals surface area contributed by atoms with E-state index >= 15 is 0 Å². The summed E-state index contributed by atoms with van der Waals surface area (Å²) in [7, 11) is 0. The number of nitrogens with one attached hydrogen (secondary N) is 1. The number of hydrogen-bond acceptors (Lipinski definition) is 4. The first kappa shape index (κ1) is 13.3. The van der Waals surface area contributed by atoms with Gasteiger partial charge in [-0.1, -0.05) is 13.0 Å². The van der Waals surface area contributed by atoms with E-state index in [1.807, 2.05) is 12.3 Å². The van der Waals surface area contributed by atoms with Gasteiger partial charge in [0.1, 0.15) is 5.82 Å². The highest BCUT2D eigenvalue weighted by Gasteiger charge is 2.19. The molecule has 2 rings (SSSR count). The monoisotopic (exact) mass is 249 g/mol. The van der Waals surface area contributed by atoms with Crippen LogP contribution in [0.15, 0.2) is 18.3 Å². The highest BCUT2D eigenvalue weighted by Crippen LogP contribution is 2.17. The van der Waals surface area contributed by atoms with Gasteiger partial charge in [-0.2, -0.15) is 0 Å². The fourth-order valence-electron chi connectivity index (χ4n) is 2.18. The minimum atomic E-state index is 0.484. The summed E-state index contributed by atoms with van der Waals surface area (Å²) < 4.78 is 5.47. The predicted octanol–water partition coefficient (Wildman–Crippen LogP) is 2.12. The number of anilines is 1. The van der Waals surface area contributed by atoms with Gasteiger partial charge in [0.05, 0.1) is 13.2 Å². The second-order valence-corrected chi connectivity index (χ2v) is 4.83. The lowest BCUT2D eigenvalue weighted by atomic mass is 10.2. The molecule has 0 aliphatic carbocycles. The molecule has 0 aromatic carbocycles. The van der Waals surface area contributed by atoms with Crippen LogP contribution in [0.4, 0.5) is 5.82 Å². The Balaban J connectivity index is 2.03. The minimum absolute atomic E-state index is 0.484. The van der Waals surface area contributed by atoms with E-state index in [0.717, 1.165) is 45.1 Å². The van der Waals surface area contributed by atoms with E-state index < -0.39 is 0 Å². The second-order valence-electron chi connectivity index (χ2n) is 4.83. The van der Waals surface area contributed by atoms with Crippen LogP contribution in [0.3, 0.4) is 0 Å². The Morgan fingerprint density at radius 2 is 2.44 bits per heavy atom. The van der Waals surface area contributed by atoms with Gasteiger partial charge in [0.2, 0.25) is 0 Å². The average molecular weight is 249 g/mol. The Bertz CT molecular complexity index is 370. The van der Waals surface area contributed by atoms with Gasteiger partial charge in [-0.15, -0.1) is 0 Å². The van der Waals surface area contributed by atoms with E-state index in [1.54, 1.807) is 0 Å². The molecule has 0 amide bonds. The summed E-state index contributed by atoms with van der Waals surface area (Å²) >= 11 is 0. The van der Waals surface area contributed by atoms with Crippen LogP contribution < -0.4 is 5.32 Å². The number of aromatic nitrogens is 1. The Morgan fingerprint density at radius 1 is 1.56 bits per heavy atom. The van der Waals surface area contributed by atoms with Crippen LogP contribution in [0, 0.1) is 0 Å². The molecule has 0 radical (unpaired) electrons. The average Bonchev–Trinajstić information content (AvgIpc) is 2.40. The molecule has 1 aromatic heterocycles. The molecule has 18 heavy (non-hydrogen) atoms. The van der Waals surface area contributed by atoms with Gasteiger partial charge in [0.25, 0.3) is 0 Å². The first-order valence-electron chi connectivity index (χ1n) is 6.80. The van der Waals surface area contributed by atoms with Crippen LogP contribution in [0.1, 0.15) is 25.8 Å². The molecule has 1 aromatic rings. The van der Waals surface area contributed by atoms with Crippen molar-refractivity contribution in [3.8, 4) is 0 Å². The highest BCUT2D eigenvalue weighted by molar-refractivity contribution is 5.43. The van der Waals surface area contributed by atoms with E-state index in [-0.39, 0.29) is 0 Å². The molecule has 1 unspecified atom stereocenters. The van der Waals surface area contributed by atoms with Crippen LogP contribution in [-0.4, -0.2) is 42.2 Å². The Labute approximate surface area is 109 Å². The topological polar surface area (TPSA) is 37.4 Å². The van der Waals surface area contributed by atoms with Crippen molar-refractivity contribution in [2.45, 2.75) is 32.9 Å². The Morgan fingerprint density at radius 3 is 3.22 bits per heavy atom. The van der Waals surface area contributed by atoms with Crippen molar-refractivity contribution in [3.05, 3.63) is 23.9 Å². The lowest BCUT2D eigenvalue weighted by Gasteiger charge is -2.33. The molecule has 0 spiro atoms. The van der Waals surface area contributed by atoms with Crippen LogP contribution in [0.2, 0.25) is 0 Å². The van der Waals surface area contributed by atoms with Crippen molar-refractivity contribution in [1.82, 2.24) is 9.88 Å². The molecule has 0 saturated carbocycles.